The number of Topliss-reactive ketones (excluding diaryl/α,β-unsaturated/α-hetero) is 1. The molecule has 1 aromatic heterocycles. The van der Waals surface area contributed by atoms with E-state index >= 15 is 0 Å². The number of nitrogens with one attached hydrogen (secondary N) is 1. The van der Waals surface area contributed by atoms with Gasteiger partial charge in [0.15, 0.2) is 5.78 Å². The minimum Gasteiger partial charge on any atom is -0.331 e. The minimum absolute atomic E-state index is 0.116. The third kappa shape index (κ3) is 2.60. The molecule has 2 aliphatic rings. The molecule has 2 atom stereocenters. The highest BCUT2D eigenvalue weighted by Crippen LogP contribution is 2.52. The van der Waals surface area contributed by atoms with Gasteiger partial charge in [-0.15, -0.1) is 0 Å². The van der Waals surface area contributed by atoms with Gasteiger partial charge < -0.3 is 5.32 Å². The number of aromatic nitrogens is 2. The monoisotopic (exact) mass is 285 g/mol. The molecule has 2 unspecified atom stereocenters. The average molecular weight is 285 g/mol. The van der Waals surface area contributed by atoms with Crippen LogP contribution in [0.2, 0.25) is 0 Å². The number of rotatable bonds is 3. The van der Waals surface area contributed by atoms with E-state index in [1.54, 1.807) is 0 Å². The number of hydrogen-bond donors (Lipinski definition) is 1. The van der Waals surface area contributed by atoms with Crippen molar-refractivity contribution in [1.82, 2.24) is 15.5 Å². The fraction of sp³-hybridized carbons (Fsp3) is 0.500. The second kappa shape index (κ2) is 5.06. The molecule has 1 fully saturated rings. The number of aryl methyl sites for hydroxylation is 1. The van der Waals surface area contributed by atoms with Gasteiger partial charge in [0.1, 0.15) is 0 Å². The normalized spacial score (nSPS) is 24.9. The first-order valence-electron chi connectivity index (χ1n) is 7.34. The van der Waals surface area contributed by atoms with Gasteiger partial charge in [-0.2, -0.15) is 10.2 Å². The smallest absolute Gasteiger partial charge is 0.231 e. The molecule has 21 heavy (non-hydrogen) atoms. The first kappa shape index (κ1) is 13.9. The second-order valence-electron chi connectivity index (χ2n) is 6.25. The third-order valence-electron chi connectivity index (χ3n) is 4.39. The van der Waals surface area contributed by atoms with E-state index in [0.717, 1.165) is 5.69 Å². The highest BCUT2D eigenvalue weighted by atomic mass is 16.2. The number of amides is 1. The zero-order valence-corrected chi connectivity index (χ0v) is 12.5. The van der Waals surface area contributed by atoms with Crippen LogP contribution in [0.1, 0.15) is 49.6 Å². The second-order valence-corrected chi connectivity index (χ2v) is 6.25. The van der Waals surface area contributed by atoms with E-state index in [0.29, 0.717) is 29.0 Å². The summed E-state index contributed by atoms with van der Waals surface area (Å²) in [4.78, 5) is 23.2. The molecule has 110 valence electrons. The predicted octanol–water partition coefficient (Wildman–Crippen LogP) is 1.97. The molecule has 1 amide bonds. The highest BCUT2D eigenvalue weighted by molar-refractivity contribution is 6.27. The molecule has 1 aliphatic carbocycles. The van der Waals surface area contributed by atoms with Gasteiger partial charge in [-0.3, -0.25) is 9.59 Å². The van der Waals surface area contributed by atoms with Crippen LogP contribution < -0.4 is 5.32 Å². The molecule has 0 aromatic carbocycles. The zero-order chi connectivity index (χ0) is 15.1. The molecule has 2 heterocycles. The van der Waals surface area contributed by atoms with Gasteiger partial charge in [-0.25, -0.2) is 0 Å². The van der Waals surface area contributed by atoms with Gasteiger partial charge in [0.25, 0.3) is 0 Å². The van der Waals surface area contributed by atoms with Crippen molar-refractivity contribution < 1.29 is 9.59 Å². The summed E-state index contributed by atoms with van der Waals surface area (Å²) in [6, 6.07) is 1.97. The van der Waals surface area contributed by atoms with Crippen molar-refractivity contribution >= 4 is 17.3 Å². The molecule has 0 saturated heterocycles. The van der Waals surface area contributed by atoms with E-state index in [-0.39, 0.29) is 18.1 Å². The van der Waals surface area contributed by atoms with Crippen molar-refractivity contribution in [2.45, 2.75) is 39.5 Å². The molecular formula is C16H19N3O2. The predicted molar refractivity (Wildman–Crippen MR) is 78.2 cm³/mol. The lowest BCUT2D eigenvalue weighted by Crippen LogP contribution is -2.27. The Kier molecular flexibility index (Phi) is 3.35. The van der Waals surface area contributed by atoms with Crippen LogP contribution in [-0.4, -0.2) is 21.9 Å². The summed E-state index contributed by atoms with van der Waals surface area (Å²) in [7, 11) is 0. The molecule has 3 rings (SSSR count). The number of carbonyl (C=O) groups excluding carboxylic acids is 2. The fourth-order valence-corrected chi connectivity index (χ4v) is 3.03. The Bertz CT molecular complexity index is 649. The standard InChI is InChI=1S/C16H19N3O2/c1-8(2)10-4-12(10)11-5-14(19-18-9(11)3)13-7-17-16(21)6-15(13)20/h5,7-8,10,12H,4,6H2,1-3H3,(H,17,21). The summed E-state index contributed by atoms with van der Waals surface area (Å²) >= 11 is 0. The van der Waals surface area contributed by atoms with Crippen molar-refractivity contribution in [2.24, 2.45) is 11.8 Å². The van der Waals surface area contributed by atoms with Crippen LogP contribution in [0.15, 0.2) is 12.3 Å². The summed E-state index contributed by atoms with van der Waals surface area (Å²) in [6.07, 6.45) is 2.51. The first-order valence-corrected chi connectivity index (χ1v) is 7.34. The highest BCUT2D eigenvalue weighted by Gasteiger charge is 2.41. The molecule has 5 nitrogen and oxygen atoms in total. The summed E-state index contributed by atoms with van der Waals surface area (Å²) < 4.78 is 0. The molecule has 1 aromatic rings. The van der Waals surface area contributed by atoms with E-state index in [2.05, 4.69) is 29.4 Å². The number of ketones is 1. The van der Waals surface area contributed by atoms with Gasteiger partial charge in [0.2, 0.25) is 5.91 Å². The average Bonchev–Trinajstić information content (AvgIpc) is 3.20. The SMILES string of the molecule is Cc1nnc(C2=CNC(=O)CC2=O)cc1C1CC1C(C)C. The van der Waals surface area contributed by atoms with Crippen molar-refractivity contribution in [3.63, 3.8) is 0 Å². The maximum absolute atomic E-state index is 12.0. The third-order valence-corrected chi connectivity index (χ3v) is 4.39. The van der Waals surface area contributed by atoms with Crippen LogP contribution in [0.25, 0.3) is 5.57 Å². The summed E-state index contributed by atoms with van der Waals surface area (Å²) in [6.45, 7) is 6.43. The van der Waals surface area contributed by atoms with E-state index in [9.17, 15) is 9.59 Å². The maximum Gasteiger partial charge on any atom is 0.231 e. The van der Waals surface area contributed by atoms with E-state index in [1.165, 1.54) is 18.2 Å². The van der Waals surface area contributed by atoms with Crippen LogP contribution >= 0.6 is 0 Å². The molecule has 0 radical (unpaired) electrons. The largest absolute Gasteiger partial charge is 0.331 e. The van der Waals surface area contributed by atoms with Gasteiger partial charge in [0.05, 0.1) is 23.4 Å². The summed E-state index contributed by atoms with van der Waals surface area (Å²) in [5.74, 6) is 1.40. The van der Waals surface area contributed by atoms with Gasteiger partial charge in [-0.05, 0) is 42.7 Å². The molecule has 5 heteroatoms. The molecular weight excluding hydrogens is 266 g/mol. The molecule has 1 N–H and O–H groups in total. The van der Waals surface area contributed by atoms with Crippen molar-refractivity contribution in [3.05, 3.63) is 29.2 Å². The molecule has 1 aliphatic heterocycles. The fourth-order valence-electron chi connectivity index (χ4n) is 3.03. The van der Waals surface area contributed by atoms with E-state index in [4.69, 9.17) is 0 Å². The van der Waals surface area contributed by atoms with Gasteiger partial charge in [-0.1, -0.05) is 13.8 Å². The first-order chi connectivity index (χ1) is 9.97. The molecule has 1 saturated carbocycles. The Morgan fingerprint density at radius 2 is 2.05 bits per heavy atom. The Balaban J connectivity index is 1.92. The van der Waals surface area contributed by atoms with E-state index in [1.807, 2.05) is 13.0 Å². The van der Waals surface area contributed by atoms with Gasteiger partial charge >= 0.3 is 0 Å². The maximum atomic E-state index is 12.0. The lowest BCUT2D eigenvalue weighted by Gasteiger charge is -2.13. The van der Waals surface area contributed by atoms with Crippen LogP contribution in [0, 0.1) is 18.8 Å². The quantitative estimate of drug-likeness (QED) is 0.862. The Morgan fingerprint density at radius 1 is 1.29 bits per heavy atom. The zero-order valence-electron chi connectivity index (χ0n) is 12.5. The Hall–Kier alpha value is -2.04. The van der Waals surface area contributed by atoms with Crippen molar-refractivity contribution in [1.29, 1.82) is 0 Å². The number of allylic oxidation sites excluding steroid dienone is 1. The van der Waals surface area contributed by atoms with Crippen molar-refractivity contribution in [2.75, 3.05) is 0 Å². The van der Waals surface area contributed by atoms with Crippen LogP contribution in [-0.2, 0) is 9.59 Å². The minimum atomic E-state index is -0.272. The topological polar surface area (TPSA) is 72.0 Å². The molecule has 0 spiro atoms. The Morgan fingerprint density at radius 3 is 2.67 bits per heavy atom. The molecule has 0 bridgehead atoms. The Labute approximate surface area is 123 Å². The van der Waals surface area contributed by atoms with Crippen LogP contribution in [0.4, 0.5) is 0 Å². The lowest BCUT2D eigenvalue weighted by molar-refractivity contribution is -0.125. The lowest BCUT2D eigenvalue weighted by atomic mass is 9.98. The van der Waals surface area contributed by atoms with Gasteiger partial charge in [0, 0.05) is 6.20 Å². The number of carbonyl (C=O) groups is 2. The van der Waals surface area contributed by atoms with E-state index < -0.39 is 0 Å². The van der Waals surface area contributed by atoms with Crippen molar-refractivity contribution in [3.8, 4) is 0 Å². The van der Waals surface area contributed by atoms with Crippen LogP contribution in [0.5, 0.6) is 0 Å². The number of nitrogens with zero attached hydrogens (tertiary/aromatic N) is 2. The number of hydrogen-bond acceptors (Lipinski definition) is 4. The summed E-state index contributed by atoms with van der Waals surface area (Å²) in [5, 5.41) is 10.9. The van der Waals surface area contributed by atoms with Crippen LogP contribution in [0.3, 0.4) is 0 Å². The summed E-state index contributed by atoms with van der Waals surface area (Å²) in [5.41, 5.74) is 3.13.